The highest BCUT2D eigenvalue weighted by Crippen LogP contribution is 2.16. The lowest BCUT2D eigenvalue weighted by atomic mass is 9.93. The van der Waals surface area contributed by atoms with E-state index in [-0.39, 0.29) is 0 Å². The number of likely N-dealkylation sites (N-methyl/N-ethyl adjacent to an activating group) is 1. The second kappa shape index (κ2) is 6.33. The first-order valence-corrected chi connectivity index (χ1v) is 6.27. The first kappa shape index (κ1) is 14.4. The minimum atomic E-state index is -0.730. The number of hydrogen-bond acceptors (Lipinski definition) is 4. The predicted molar refractivity (Wildman–Crippen MR) is 68.2 cm³/mol. The van der Waals surface area contributed by atoms with Crippen molar-refractivity contribution in [2.45, 2.75) is 13.8 Å². The number of rotatable bonds is 6. The Kier molecular flexibility index (Phi) is 5.36. The van der Waals surface area contributed by atoms with Crippen molar-refractivity contribution in [2.75, 3.05) is 52.9 Å². The van der Waals surface area contributed by atoms with Crippen molar-refractivity contribution >= 4 is 5.97 Å². The summed E-state index contributed by atoms with van der Waals surface area (Å²) in [4.78, 5) is 15.5. The first-order valence-electron chi connectivity index (χ1n) is 6.27. The largest absolute Gasteiger partial charge is 0.481 e. The van der Waals surface area contributed by atoms with Crippen LogP contribution in [0.4, 0.5) is 0 Å². The van der Waals surface area contributed by atoms with Gasteiger partial charge in [0.1, 0.15) is 0 Å². The number of hydrogen-bond donors (Lipinski definition) is 2. The zero-order chi connectivity index (χ0) is 12.9. The number of aliphatic carboxylic acids is 1. The number of carboxylic acids is 1. The van der Waals surface area contributed by atoms with Gasteiger partial charge in [0.25, 0.3) is 0 Å². The molecule has 0 aromatic heterocycles. The van der Waals surface area contributed by atoms with Crippen LogP contribution < -0.4 is 5.32 Å². The molecule has 1 saturated heterocycles. The fourth-order valence-electron chi connectivity index (χ4n) is 2.07. The summed E-state index contributed by atoms with van der Waals surface area (Å²) in [5.74, 6) is -0.730. The van der Waals surface area contributed by atoms with Crippen molar-refractivity contribution < 1.29 is 9.90 Å². The van der Waals surface area contributed by atoms with Gasteiger partial charge in [0, 0.05) is 45.8 Å². The third-order valence-corrected chi connectivity index (χ3v) is 3.25. The molecule has 0 saturated carbocycles. The van der Waals surface area contributed by atoms with Gasteiger partial charge in [-0.1, -0.05) is 0 Å². The average molecular weight is 243 g/mol. The Hall–Kier alpha value is -0.650. The van der Waals surface area contributed by atoms with E-state index < -0.39 is 11.4 Å². The van der Waals surface area contributed by atoms with Gasteiger partial charge in [0.15, 0.2) is 0 Å². The molecule has 0 bridgehead atoms. The van der Waals surface area contributed by atoms with E-state index >= 15 is 0 Å². The van der Waals surface area contributed by atoms with Gasteiger partial charge in [0.2, 0.25) is 0 Å². The first-order chi connectivity index (χ1) is 7.92. The molecule has 17 heavy (non-hydrogen) atoms. The van der Waals surface area contributed by atoms with Crippen LogP contribution in [0, 0.1) is 5.41 Å². The molecule has 0 aromatic carbocycles. The maximum atomic E-state index is 11.0. The molecule has 5 heteroatoms. The van der Waals surface area contributed by atoms with E-state index in [1.54, 1.807) is 13.8 Å². The number of nitrogens with one attached hydrogen (secondary N) is 1. The number of piperazine rings is 1. The summed E-state index contributed by atoms with van der Waals surface area (Å²) in [5, 5.41) is 12.4. The number of carbonyl (C=O) groups is 1. The van der Waals surface area contributed by atoms with Gasteiger partial charge in [0.05, 0.1) is 5.41 Å². The maximum absolute atomic E-state index is 11.0. The fraction of sp³-hybridized carbons (Fsp3) is 0.917. The van der Waals surface area contributed by atoms with Crippen LogP contribution in [0.5, 0.6) is 0 Å². The molecule has 0 radical (unpaired) electrons. The smallest absolute Gasteiger partial charge is 0.310 e. The van der Waals surface area contributed by atoms with Gasteiger partial charge >= 0.3 is 5.97 Å². The predicted octanol–water partition coefficient (Wildman–Crippen LogP) is -0.0658. The van der Waals surface area contributed by atoms with Gasteiger partial charge in [-0.25, -0.2) is 0 Å². The van der Waals surface area contributed by atoms with Crippen molar-refractivity contribution in [1.29, 1.82) is 0 Å². The summed E-state index contributed by atoms with van der Waals surface area (Å²) >= 11 is 0. The molecule has 1 aliphatic rings. The lowest BCUT2D eigenvalue weighted by molar-refractivity contribution is -0.147. The Bertz CT molecular complexity index is 250. The SMILES string of the molecule is CN(CCN1CCNCC1)CC(C)(C)C(=O)O. The Morgan fingerprint density at radius 2 is 2.00 bits per heavy atom. The minimum absolute atomic E-state index is 0.592. The molecule has 1 fully saturated rings. The maximum Gasteiger partial charge on any atom is 0.310 e. The Labute approximate surface area is 104 Å². The summed E-state index contributed by atoms with van der Waals surface area (Å²) in [5.41, 5.74) is -0.668. The van der Waals surface area contributed by atoms with Crippen molar-refractivity contribution in [2.24, 2.45) is 5.41 Å². The molecule has 0 spiro atoms. The summed E-state index contributed by atoms with van der Waals surface area (Å²) in [6.45, 7) is 10.4. The van der Waals surface area contributed by atoms with Crippen LogP contribution in [0.2, 0.25) is 0 Å². The summed E-state index contributed by atoms with van der Waals surface area (Å²) in [7, 11) is 1.99. The van der Waals surface area contributed by atoms with E-state index in [0.29, 0.717) is 6.54 Å². The molecular weight excluding hydrogens is 218 g/mol. The van der Waals surface area contributed by atoms with E-state index in [4.69, 9.17) is 5.11 Å². The Morgan fingerprint density at radius 1 is 1.41 bits per heavy atom. The van der Waals surface area contributed by atoms with E-state index in [1.807, 2.05) is 7.05 Å². The van der Waals surface area contributed by atoms with E-state index in [9.17, 15) is 4.79 Å². The molecule has 2 N–H and O–H groups in total. The van der Waals surface area contributed by atoms with Gasteiger partial charge in [-0.3, -0.25) is 9.69 Å². The summed E-state index contributed by atoms with van der Waals surface area (Å²) < 4.78 is 0. The zero-order valence-corrected chi connectivity index (χ0v) is 11.2. The van der Waals surface area contributed by atoms with E-state index in [0.717, 1.165) is 39.3 Å². The third kappa shape index (κ3) is 5.02. The fourth-order valence-corrected chi connectivity index (χ4v) is 2.07. The van der Waals surface area contributed by atoms with Gasteiger partial charge in [-0.2, -0.15) is 0 Å². The summed E-state index contributed by atoms with van der Waals surface area (Å²) in [6.07, 6.45) is 0. The monoisotopic (exact) mass is 243 g/mol. The van der Waals surface area contributed by atoms with Crippen LogP contribution in [0.25, 0.3) is 0 Å². The third-order valence-electron chi connectivity index (χ3n) is 3.25. The molecule has 0 amide bonds. The van der Waals surface area contributed by atoms with Crippen LogP contribution in [-0.4, -0.2) is 73.7 Å². The van der Waals surface area contributed by atoms with Crippen LogP contribution in [-0.2, 0) is 4.79 Å². The standard InChI is InChI=1S/C12H25N3O2/c1-12(2,11(16)17)10-14(3)8-9-15-6-4-13-5-7-15/h13H,4-10H2,1-3H3,(H,16,17). The van der Waals surface area contributed by atoms with Gasteiger partial charge in [-0.15, -0.1) is 0 Å². The molecule has 1 heterocycles. The molecule has 1 aliphatic heterocycles. The average Bonchev–Trinajstić information content (AvgIpc) is 2.27. The van der Waals surface area contributed by atoms with Crippen molar-refractivity contribution in [3.05, 3.63) is 0 Å². The van der Waals surface area contributed by atoms with Crippen molar-refractivity contribution in [3.8, 4) is 0 Å². The number of nitrogens with zero attached hydrogens (tertiary/aromatic N) is 2. The Balaban J connectivity index is 2.24. The minimum Gasteiger partial charge on any atom is -0.481 e. The van der Waals surface area contributed by atoms with Crippen LogP contribution >= 0.6 is 0 Å². The second-order valence-electron chi connectivity index (χ2n) is 5.52. The normalized spacial score (nSPS) is 18.6. The van der Waals surface area contributed by atoms with E-state index in [2.05, 4.69) is 15.1 Å². The molecular formula is C12H25N3O2. The molecule has 0 aromatic rings. The van der Waals surface area contributed by atoms with Crippen LogP contribution in [0.3, 0.4) is 0 Å². The molecule has 0 aliphatic carbocycles. The highest BCUT2D eigenvalue weighted by atomic mass is 16.4. The van der Waals surface area contributed by atoms with Crippen LogP contribution in [0.15, 0.2) is 0 Å². The quantitative estimate of drug-likeness (QED) is 0.684. The lowest BCUT2D eigenvalue weighted by Crippen LogP contribution is -2.47. The highest BCUT2D eigenvalue weighted by Gasteiger charge is 2.28. The number of carboxylic acid groups (broad SMARTS) is 1. The van der Waals surface area contributed by atoms with Crippen molar-refractivity contribution in [1.82, 2.24) is 15.1 Å². The zero-order valence-electron chi connectivity index (χ0n) is 11.2. The van der Waals surface area contributed by atoms with Gasteiger partial charge in [-0.05, 0) is 20.9 Å². The second-order valence-corrected chi connectivity index (χ2v) is 5.52. The Morgan fingerprint density at radius 3 is 2.53 bits per heavy atom. The lowest BCUT2D eigenvalue weighted by Gasteiger charge is -2.31. The molecule has 100 valence electrons. The van der Waals surface area contributed by atoms with E-state index in [1.165, 1.54) is 0 Å². The molecule has 5 nitrogen and oxygen atoms in total. The molecule has 0 atom stereocenters. The highest BCUT2D eigenvalue weighted by molar-refractivity contribution is 5.73. The van der Waals surface area contributed by atoms with Gasteiger partial charge < -0.3 is 15.3 Å². The topological polar surface area (TPSA) is 55.8 Å². The van der Waals surface area contributed by atoms with Crippen LogP contribution in [0.1, 0.15) is 13.8 Å². The molecule has 1 rings (SSSR count). The molecule has 0 unspecified atom stereocenters. The van der Waals surface area contributed by atoms with Crippen molar-refractivity contribution in [3.63, 3.8) is 0 Å². The summed E-state index contributed by atoms with van der Waals surface area (Å²) in [6, 6.07) is 0.